The molecule has 3 aliphatic heterocycles. The van der Waals surface area contributed by atoms with E-state index in [4.69, 9.17) is 9.47 Å². The third kappa shape index (κ3) is 4.70. The number of benzene rings is 1. The smallest absolute Gasteiger partial charge is 0.231 e. The van der Waals surface area contributed by atoms with Gasteiger partial charge in [-0.15, -0.1) is 0 Å². The summed E-state index contributed by atoms with van der Waals surface area (Å²) in [6.07, 6.45) is 2.62. The van der Waals surface area contributed by atoms with Crippen molar-refractivity contribution in [3.63, 3.8) is 0 Å². The van der Waals surface area contributed by atoms with E-state index in [0.717, 1.165) is 62.6 Å². The van der Waals surface area contributed by atoms with Gasteiger partial charge in [-0.3, -0.25) is 9.89 Å². The number of hydrogen-bond donors (Lipinski definition) is 1. The van der Waals surface area contributed by atoms with Crippen molar-refractivity contribution in [2.75, 3.05) is 66.7 Å². The quantitative estimate of drug-likeness (QED) is 0.624. The van der Waals surface area contributed by atoms with Gasteiger partial charge in [0.1, 0.15) is 0 Å². The van der Waals surface area contributed by atoms with Gasteiger partial charge in [0.15, 0.2) is 17.5 Å². The van der Waals surface area contributed by atoms with Gasteiger partial charge in [-0.1, -0.05) is 6.07 Å². The average molecular weight is 388 g/mol. The summed E-state index contributed by atoms with van der Waals surface area (Å²) in [5, 5.41) is 3.62. The zero-order valence-electron chi connectivity index (χ0n) is 17.2. The molecule has 0 saturated carbocycles. The molecule has 0 amide bonds. The minimum Gasteiger partial charge on any atom is -0.454 e. The predicted octanol–water partition coefficient (Wildman–Crippen LogP) is 1.45. The van der Waals surface area contributed by atoms with Crippen LogP contribution in [0.5, 0.6) is 11.5 Å². The minimum atomic E-state index is 0.334. The molecule has 0 aromatic heterocycles. The lowest BCUT2D eigenvalue weighted by atomic mass is 9.98. The molecule has 0 spiro atoms. The first-order valence-electron chi connectivity index (χ1n) is 10.5. The van der Waals surface area contributed by atoms with E-state index in [9.17, 15) is 0 Å². The van der Waals surface area contributed by atoms with E-state index in [2.05, 4.69) is 44.2 Å². The van der Waals surface area contributed by atoms with Crippen molar-refractivity contribution < 1.29 is 9.47 Å². The van der Waals surface area contributed by atoms with Gasteiger partial charge in [-0.05, 0) is 50.0 Å². The maximum atomic E-state index is 5.50. The number of nitrogens with one attached hydrogen (secondary N) is 1. The number of piperazine rings is 1. The molecule has 1 aromatic rings. The Bertz CT molecular complexity index is 687. The van der Waals surface area contributed by atoms with Crippen LogP contribution in [0.25, 0.3) is 0 Å². The van der Waals surface area contributed by atoms with Crippen LogP contribution in [0.2, 0.25) is 0 Å². The second-order valence-corrected chi connectivity index (χ2v) is 8.15. The third-order valence-electron chi connectivity index (χ3n) is 6.00. The largest absolute Gasteiger partial charge is 0.454 e. The summed E-state index contributed by atoms with van der Waals surface area (Å²) in [5.74, 6) is 3.50. The van der Waals surface area contributed by atoms with E-state index in [1.165, 1.54) is 31.5 Å². The maximum absolute atomic E-state index is 5.50. The summed E-state index contributed by atoms with van der Waals surface area (Å²) in [6, 6.07) is 6.26. The Balaban J connectivity index is 1.23. The van der Waals surface area contributed by atoms with E-state index in [1.54, 1.807) is 0 Å². The molecule has 0 radical (unpaired) electrons. The monoisotopic (exact) mass is 387 g/mol. The molecule has 1 aromatic carbocycles. The summed E-state index contributed by atoms with van der Waals surface area (Å²) in [7, 11) is 4.12. The standard InChI is InChI=1S/C21H33N5O2/c1-22-21(23-13-18-4-3-7-24(2)14-18)26-10-8-25(9-11-26)15-17-5-6-19-20(12-17)28-16-27-19/h5-6,12,18H,3-4,7-11,13-16H2,1-2H3,(H,22,23). The van der Waals surface area contributed by atoms with Crippen LogP contribution in [-0.4, -0.2) is 87.4 Å². The minimum absolute atomic E-state index is 0.334. The molecule has 2 saturated heterocycles. The van der Waals surface area contributed by atoms with E-state index in [0.29, 0.717) is 6.79 Å². The molecule has 7 nitrogen and oxygen atoms in total. The van der Waals surface area contributed by atoms with Crippen molar-refractivity contribution in [1.82, 2.24) is 20.0 Å². The molecule has 3 heterocycles. The Morgan fingerprint density at radius 3 is 2.75 bits per heavy atom. The molecule has 1 unspecified atom stereocenters. The second-order valence-electron chi connectivity index (χ2n) is 8.15. The molecule has 4 rings (SSSR count). The number of guanidine groups is 1. The summed E-state index contributed by atoms with van der Waals surface area (Å²) in [5.41, 5.74) is 1.28. The normalized spacial score (nSPS) is 23.9. The van der Waals surface area contributed by atoms with E-state index in [1.807, 2.05) is 13.1 Å². The van der Waals surface area contributed by atoms with Gasteiger partial charge in [0, 0.05) is 52.9 Å². The first kappa shape index (κ1) is 19.3. The molecule has 3 aliphatic rings. The van der Waals surface area contributed by atoms with Crippen molar-refractivity contribution in [3.8, 4) is 11.5 Å². The number of hydrogen-bond acceptors (Lipinski definition) is 5. The highest BCUT2D eigenvalue weighted by Crippen LogP contribution is 2.32. The van der Waals surface area contributed by atoms with Crippen LogP contribution >= 0.6 is 0 Å². The Hall–Kier alpha value is -1.99. The van der Waals surface area contributed by atoms with Crippen LogP contribution in [0.1, 0.15) is 18.4 Å². The molecular weight excluding hydrogens is 354 g/mol. The van der Waals surface area contributed by atoms with Crippen LogP contribution in [0.15, 0.2) is 23.2 Å². The molecule has 1 N–H and O–H groups in total. The number of ether oxygens (including phenoxy) is 2. The predicted molar refractivity (Wildman–Crippen MR) is 111 cm³/mol. The van der Waals surface area contributed by atoms with Crippen molar-refractivity contribution in [1.29, 1.82) is 0 Å². The van der Waals surface area contributed by atoms with Gasteiger partial charge in [0.05, 0.1) is 0 Å². The lowest BCUT2D eigenvalue weighted by molar-refractivity contribution is 0.169. The van der Waals surface area contributed by atoms with E-state index >= 15 is 0 Å². The van der Waals surface area contributed by atoms with E-state index < -0.39 is 0 Å². The first-order valence-corrected chi connectivity index (χ1v) is 10.5. The van der Waals surface area contributed by atoms with Crippen LogP contribution in [0.4, 0.5) is 0 Å². The Morgan fingerprint density at radius 1 is 1.14 bits per heavy atom. The van der Waals surface area contributed by atoms with Gasteiger partial charge >= 0.3 is 0 Å². The van der Waals surface area contributed by atoms with Crippen LogP contribution in [-0.2, 0) is 6.54 Å². The molecule has 154 valence electrons. The number of likely N-dealkylation sites (tertiary alicyclic amines) is 1. The highest BCUT2D eigenvalue weighted by atomic mass is 16.7. The Labute approximate surface area is 168 Å². The SMILES string of the molecule is CN=C(NCC1CCCN(C)C1)N1CCN(Cc2ccc3c(c2)OCO3)CC1. The third-order valence-corrected chi connectivity index (χ3v) is 6.00. The number of piperidine rings is 1. The topological polar surface area (TPSA) is 52.6 Å². The summed E-state index contributed by atoms with van der Waals surface area (Å²) >= 11 is 0. The number of nitrogens with zero attached hydrogens (tertiary/aromatic N) is 4. The van der Waals surface area contributed by atoms with Gasteiger partial charge in [-0.2, -0.15) is 0 Å². The molecule has 0 bridgehead atoms. The lowest BCUT2D eigenvalue weighted by Crippen LogP contribution is -2.53. The molecular formula is C21H33N5O2. The second kappa shape index (κ2) is 9.01. The van der Waals surface area contributed by atoms with Gasteiger partial charge in [-0.25, -0.2) is 0 Å². The number of aliphatic imine (C=N–C) groups is 1. The van der Waals surface area contributed by atoms with Crippen LogP contribution in [0.3, 0.4) is 0 Å². The molecule has 7 heteroatoms. The zero-order valence-corrected chi connectivity index (χ0v) is 17.2. The maximum Gasteiger partial charge on any atom is 0.231 e. The summed E-state index contributed by atoms with van der Waals surface area (Å²) in [4.78, 5) is 11.9. The average Bonchev–Trinajstić information content (AvgIpc) is 3.17. The molecule has 28 heavy (non-hydrogen) atoms. The van der Waals surface area contributed by atoms with Gasteiger partial charge in [0.2, 0.25) is 6.79 Å². The fraction of sp³-hybridized carbons (Fsp3) is 0.667. The van der Waals surface area contributed by atoms with Gasteiger partial charge in [0.25, 0.3) is 0 Å². The number of rotatable bonds is 4. The Kier molecular flexibility index (Phi) is 6.22. The summed E-state index contributed by atoms with van der Waals surface area (Å²) in [6.45, 7) is 8.83. The Morgan fingerprint density at radius 2 is 1.96 bits per heavy atom. The van der Waals surface area contributed by atoms with E-state index in [-0.39, 0.29) is 0 Å². The highest BCUT2D eigenvalue weighted by Gasteiger charge is 2.22. The van der Waals surface area contributed by atoms with Crippen molar-refractivity contribution in [2.24, 2.45) is 10.9 Å². The van der Waals surface area contributed by atoms with Gasteiger partial charge < -0.3 is 24.6 Å². The van der Waals surface area contributed by atoms with Crippen molar-refractivity contribution in [3.05, 3.63) is 23.8 Å². The fourth-order valence-electron chi connectivity index (χ4n) is 4.42. The van der Waals surface area contributed by atoms with Crippen LogP contribution in [0, 0.1) is 5.92 Å². The van der Waals surface area contributed by atoms with Crippen molar-refractivity contribution >= 4 is 5.96 Å². The van der Waals surface area contributed by atoms with Crippen molar-refractivity contribution in [2.45, 2.75) is 19.4 Å². The fourth-order valence-corrected chi connectivity index (χ4v) is 4.42. The molecule has 2 fully saturated rings. The van der Waals surface area contributed by atoms with Crippen LogP contribution < -0.4 is 14.8 Å². The highest BCUT2D eigenvalue weighted by molar-refractivity contribution is 5.80. The molecule has 0 aliphatic carbocycles. The summed E-state index contributed by atoms with van der Waals surface area (Å²) < 4.78 is 10.9. The lowest BCUT2D eigenvalue weighted by Gasteiger charge is -2.37. The first-order chi connectivity index (χ1) is 13.7. The molecule has 1 atom stereocenters. The zero-order chi connectivity index (χ0) is 19.3. The number of fused-ring (bicyclic) bond motifs is 1.